The fourth-order valence-corrected chi connectivity index (χ4v) is 4.70. The minimum Gasteiger partial charge on any atom is -0.355 e. The summed E-state index contributed by atoms with van der Waals surface area (Å²) in [4.78, 5) is 13.4. The van der Waals surface area contributed by atoms with Crippen molar-refractivity contribution < 1.29 is 0 Å². The second kappa shape index (κ2) is 7.96. The van der Waals surface area contributed by atoms with Gasteiger partial charge in [-0.05, 0) is 50.5 Å². The molecule has 0 unspecified atom stereocenters. The van der Waals surface area contributed by atoms with Gasteiger partial charge in [-0.25, -0.2) is 4.98 Å². The van der Waals surface area contributed by atoms with Crippen molar-refractivity contribution in [2.75, 3.05) is 18.0 Å². The molecule has 30 heavy (non-hydrogen) atoms. The first-order valence-corrected chi connectivity index (χ1v) is 11.0. The van der Waals surface area contributed by atoms with Crippen molar-refractivity contribution in [1.82, 2.24) is 29.6 Å². The average Bonchev–Trinajstić information content (AvgIpc) is 3.10. The van der Waals surface area contributed by atoms with E-state index in [0.29, 0.717) is 12.0 Å². The van der Waals surface area contributed by atoms with Crippen molar-refractivity contribution in [3.8, 4) is 5.69 Å². The SMILES string of the molecule is CC(C)N1Cc2cc(Cl)ccc2-n2c(nnc2C2CCN(c3cnccn3)CC2)C1. The molecule has 1 saturated heterocycles. The lowest BCUT2D eigenvalue weighted by molar-refractivity contribution is 0.201. The van der Waals surface area contributed by atoms with E-state index in [2.05, 4.69) is 60.5 Å². The zero-order chi connectivity index (χ0) is 20.7. The van der Waals surface area contributed by atoms with Crippen LogP contribution in [0.5, 0.6) is 0 Å². The van der Waals surface area contributed by atoms with Crippen molar-refractivity contribution in [3.63, 3.8) is 0 Å². The predicted octanol–water partition coefficient (Wildman–Crippen LogP) is 3.82. The first-order chi connectivity index (χ1) is 14.6. The molecule has 0 saturated carbocycles. The Balaban J connectivity index is 1.46. The number of hydrogen-bond donors (Lipinski definition) is 0. The number of anilines is 1. The van der Waals surface area contributed by atoms with E-state index in [1.807, 2.05) is 12.3 Å². The Morgan fingerprint density at radius 1 is 1.07 bits per heavy atom. The second-order valence-electron chi connectivity index (χ2n) is 8.41. The Hall–Kier alpha value is -2.51. The zero-order valence-corrected chi connectivity index (χ0v) is 18.1. The molecule has 156 valence electrons. The van der Waals surface area contributed by atoms with Crippen LogP contribution in [-0.2, 0) is 13.1 Å². The van der Waals surface area contributed by atoms with Crippen LogP contribution < -0.4 is 4.90 Å². The maximum Gasteiger partial charge on any atom is 0.151 e. The fourth-order valence-electron chi connectivity index (χ4n) is 4.50. The average molecular weight is 424 g/mol. The number of hydrogen-bond acceptors (Lipinski definition) is 6. The number of nitrogens with zero attached hydrogens (tertiary/aromatic N) is 7. The van der Waals surface area contributed by atoms with Gasteiger partial charge in [-0.2, -0.15) is 0 Å². The third-order valence-electron chi connectivity index (χ3n) is 6.22. The Labute approximate surface area is 181 Å². The van der Waals surface area contributed by atoms with Crippen molar-refractivity contribution in [2.45, 2.75) is 51.7 Å². The molecule has 5 rings (SSSR count). The summed E-state index contributed by atoms with van der Waals surface area (Å²) in [5.74, 6) is 3.39. The molecule has 2 aliphatic rings. The Bertz CT molecular complexity index is 1030. The molecule has 0 aliphatic carbocycles. The summed E-state index contributed by atoms with van der Waals surface area (Å²) in [5.41, 5.74) is 2.39. The smallest absolute Gasteiger partial charge is 0.151 e. The van der Waals surface area contributed by atoms with E-state index in [-0.39, 0.29) is 0 Å². The van der Waals surface area contributed by atoms with Crippen molar-refractivity contribution in [3.05, 3.63) is 59.0 Å². The molecule has 1 aromatic carbocycles. The quantitative estimate of drug-likeness (QED) is 0.638. The molecular formula is C22H26ClN7. The number of rotatable bonds is 3. The van der Waals surface area contributed by atoms with Gasteiger partial charge in [-0.3, -0.25) is 14.5 Å². The van der Waals surface area contributed by atoms with Gasteiger partial charge in [0.1, 0.15) is 11.6 Å². The lowest BCUT2D eigenvalue weighted by atomic mass is 9.95. The lowest BCUT2D eigenvalue weighted by Gasteiger charge is -2.32. The monoisotopic (exact) mass is 423 g/mol. The van der Waals surface area contributed by atoms with Gasteiger partial charge in [0.25, 0.3) is 0 Å². The standard InChI is InChI=1S/C22H26ClN7/c1-15(2)29-13-17-11-18(23)3-4-19(17)30-21(14-29)26-27-22(30)16-5-9-28(10-6-16)20-12-24-7-8-25-20/h3-4,7-8,11-12,15-16H,5-6,9-10,13-14H2,1-2H3. The maximum absolute atomic E-state index is 6.35. The van der Waals surface area contributed by atoms with Crippen LogP contribution in [-0.4, -0.2) is 48.8 Å². The summed E-state index contributed by atoms with van der Waals surface area (Å²) in [6.45, 7) is 7.98. The van der Waals surface area contributed by atoms with E-state index in [4.69, 9.17) is 11.6 Å². The number of benzene rings is 1. The molecule has 8 heteroatoms. The van der Waals surface area contributed by atoms with Gasteiger partial charge in [0.15, 0.2) is 5.82 Å². The number of fused-ring (bicyclic) bond motifs is 3. The molecule has 0 N–H and O–H groups in total. The largest absolute Gasteiger partial charge is 0.355 e. The van der Waals surface area contributed by atoms with Gasteiger partial charge in [-0.1, -0.05) is 11.6 Å². The van der Waals surface area contributed by atoms with E-state index in [0.717, 1.165) is 67.2 Å². The summed E-state index contributed by atoms with van der Waals surface area (Å²) < 4.78 is 2.29. The van der Waals surface area contributed by atoms with Gasteiger partial charge in [0.2, 0.25) is 0 Å². The predicted molar refractivity (Wildman–Crippen MR) is 117 cm³/mol. The Morgan fingerprint density at radius 2 is 1.90 bits per heavy atom. The van der Waals surface area contributed by atoms with Crippen LogP contribution in [0.25, 0.3) is 5.69 Å². The highest BCUT2D eigenvalue weighted by Gasteiger charge is 2.30. The van der Waals surface area contributed by atoms with Gasteiger partial charge >= 0.3 is 0 Å². The van der Waals surface area contributed by atoms with Crippen molar-refractivity contribution >= 4 is 17.4 Å². The van der Waals surface area contributed by atoms with Crippen LogP contribution in [0.4, 0.5) is 5.82 Å². The van der Waals surface area contributed by atoms with Crippen LogP contribution in [0.1, 0.15) is 49.8 Å². The first-order valence-electron chi connectivity index (χ1n) is 10.6. The Kier molecular flexibility index (Phi) is 5.16. The molecule has 0 bridgehead atoms. The zero-order valence-electron chi connectivity index (χ0n) is 17.4. The normalized spacial score (nSPS) is 17.7. The summed E-state index contributed by atoms with van der Waals surface area (Å²) in [6.07, 6.45) is 7.34. The minimum atomic E-state index is 0.369. The maximum atomic E-state index is 6.35. The summed E-state index contributed by atoms with van der Waals surface area (Å²) >= 11 is 6.35. The number of piperidine rings is 1. The van der Waals surface area contributed by atoms with Crippen LogP contribution >= 0.6 is 11.6 Å². The summed E-state index contributed by atoms with van der Waals surface area (Å²) in [7, 11) is 0. The number of halogens is 1. The third kappa shape index (κ3) is 3.56. The molecule has 3 aromatic rings. The molecule has 0 amide bonds. The molecule has 4 heterocycles. The van der Waals surface area contributed by atoms with Crippen LogP contribution in [0, 0.1) is 0 Å². The molecule has 1 fully saturated rings. The summed E-state index contributed by atoms with van der Waals surface area (Å²) in [5, 5.41) is 10.1. The first kappa shape index (κ1) is 19.5. The van der Waals surface area contributed by atoms with Crippen molar-refractivity contribution in [1.29, 1.82) is 0 Å². The molecular weight excluding hydrogens is 398 g/mol. The van der Waals surface area contributed by atoms with Gasteiger partial charge in [0, 0.05) is 49.0 Å². The molecule has 0 spiro atoms. The second-order valence-corrected chi connectivity index (χ2v) is 8.84. The van der Waals surface area contributed by atoms with E-state index < -0.39 is 0 Å². The molecule has 0 radical (unpaired) electrons. The van der Waals surface area contributed by atoms with E-state index >= 15 is 0 Å². The van der Waals surface area contributed by atoms with E-state index in [9.17, 15) is 0 Å². The Morgan fingerprint density at radius 3 is 2.63 bits per heavy atom. The van der Waals surface area contributed by atoms with Gasteiger partial charge in [-0.15, -0.1) is 10.2 Å². The molecule has 0 atom stereocenters. The van der Waals surface area contributed by atoms with Gasteiger partial charge in [0.05, 0.1) is 18.4 Å². The van der Waals surface area contributed by atoms with Crippen LogP contribution in [0.3, 0.4) is 0 Å². The van der Waals surface area contributed by atoms with Crippen LogP contribution in [0.15, 0.2) is 36.8 Å². The van der Waals surface area contributed by atoms with E-state index in [1.54, 1.807) is 12.4 Å². The third-order valence-corrected chi connectivity index (χ3v) is 6.45. The highest BCUT2D eigenvalue weighted by Crippen LogP contribution is 2.34. The summed E-state index contributed by atoms with van der Waals surface area (Å²) in [6, 6.07) is 6.59. The molecule has 7 nitrogen and oxygen atoms in total. The van der Waals surface area contributed by atoms with E-state index in [1.165, 1.54) is 5.56 Å². The topological polar surface area (TPSA) is 63.0 Å². The molecule has 2 aliphatic heterocycles. The van der Waals surface area contributed by atoms with Crippen LogP contribution in [0.2, 0.25) is 5.02 Å². The fraction of sp³-hybridized carbons (Fsp3) is 0.455. The number of aromatic nitrogens is 5. The van der Waals surface area contributed by atoms with Crippen molar-refractivity contribution in [2.24, 2.45) is 0 Å². The lowest BCUT2D eigenvalue weighted by Crippen LogP contribution is -2.34. The molecule has 2 aromatic heterocycles. The van der Waals surface area contributed by atoms with Gasteiger partial charge < -0.3 is 4.90 Å². The minimum absolute atomic E-state index is 0.369. The highest BCUT2D eigenvalue weighted by atomic mass is 35.5. The highest BCUT2D eigenvalue weighted by molar-refractivity contribution is 6.30.